The summed E-state index contributed by atoms with van der Waals surface area (Å²) < 4.78 is 14.5. The fraction of sp³-hybridized carbons (Fsp3) is 0.333. The van der Waals surface area contributed by atoms with E-state index in [4.69, 9.17) is 0 Å². The molecule has 24 heavy (non-hydrogen) atoms. The van der Waals surface area contributed by atoms with Crippen molar-refractivity contribution in [3.63, 3.8) is 0 Å². The van der Waals surface area contributed by atoms with Gasteiger partial charge >= 0.3 is 0 Å². The summed E-state index contributed by atoms with van der Waals surface area (Å²) in [5.74, 6) is 5.50. The Kier molecular flexibility index (Phi) is 4.87. The number of nitrogens with zero attached hydrogens (tertiary/aromatic N) is 1. The van der Waals surface area contributed by atoms with E-state index in [1.165, 1.54) is 12.5 Å². The van der Waals surface area contributed by atoms with Crippen molar-refractivity contribution in [2.24, 2.45) is 0 Å². The molecule has 124 valence electrons. The minimum Gasteiger partial charge on any atom is -0.374 e. The molecule has 1 heterocycles. The van der Waals surface area contributed by atoms with Crippen molar-refractivity contribution < 1.29 is 9.50 Å². The quantitative estimate of drug-likeness (QED) is 0.842. The van der Waals surface area contributed by atoms with Gasteiger partial charge in [-0.15, -0.1) is 0 Å². The smallest absolute Gasteiger partial charge is 0.148 e. The summed E-state index contributed by atoms with van der Waals surface area (Å²) in [4.78, 5) is 2.08. The largest absolute Gasteiger partial charge is 0.374 e. The molecular weight excluding hydrogens is 301 g/mol. The van der Waals surface area contributed by atoms with Crippen LogP contribution in [0.1, 0.15) is 37.3 Å². The second-order valence-corrected chi connectivity index (χ2v) is 6.40. The molecule has 3 rings (SSSR count). The maximum atomic E-state index is 14.5. The third-order valence-electron chi connectivity index (χ3n) is 4.43. The van der Waals surface area contributed by atoms with Crippen molar-refractivity contribution in [3.05, 3.63) is 65.5 Å². The van der Waals surface area contributed by atoms with Crippen LogP contribution in [0.2, 0.25) is 0 Å². The molecule has 2 aromatic carbocycles. The van der Waals surface area contributed by atoms with Crippen LogP contribution in [0.15, 0.2) is 48.5 Å². The third-order valence-corrected chi connectivity index (χ3v) is 4.43. The Bertz CT molecular complexity index is 752. The van der Waals surface area contributed by atoms with Gasteiger partial charge in [0.2, 0.25) is 0 Å². The Morgan fingerprint density at radius 2 is 1.75 bits per heavy atom. The summed E-state index contributed by atoms with van der Waals surface area (Å²) in [5, 5.41) is 10.6. The number of hydrogen-bond acceptors (Lipinski definition) is 2. The van der Waals surface area contributed by atoms with Gasteiger partial charge in [0.25, 0.3) is 0 Å². The molecule has 0 aliphatic carbocycles. The van der Waals surface area contributed by atoms with E-state index in [-0.39, 0.29) is 5.82 Å². The molecule has 0 amide bonds. The predicted molar refractivity (Wildman–Crippen MR) is 95.4 cm³/mol. The van der Waals surface area contributed by atoms with E-state index in [0.29, 0.717) is 11.3 Å². The molecule has 1 saturated heterocycles. The SMILES string of the molecule is C[C@](O)(C#Cc1ccccc1)c1ccc(N2CCCCC2)c(F)c1. The van der Waals surface area contributed by atoms with Crippen LogP contribution in [0, 0.1) is 17.7 Å². The van der Waals surface area contributed by atoms with E-state index in [0.717, 1.165) is 31.5 Å². The van der Waals surface area contributed by atoms with Gasteiger partial charge in [-0.3, -0.25) is 0 Å². The molecule has 2 nitrogen and oxygen atoms in total. The van der Waals surface area contributed by atoms with Crippen molar-refractivity contribution in [1.82, 2.24) is 0 Å². The van der Waals surface area contributed by atoms with Crippen molar-refractivity contribution in [2.45, 2.75) is 31.8 Å². The second-order valence-electron chi connectivity index (χ2n) is 6.40. The second kappa shape index (κ2) is 7.07. The Morgan fingerprint density at radius 3 is 2.42 bits per heavy atom. The first-order valence-corrected chi connectivity index (χ1v) is 8.42. The zero-order valence-electron chi connectivity index (χ0n) is 13.9. The Balaban J connectivity index is 1.83. The number of anilines is 1. The highest BCUT2D eigenvalue weighted by atomic mass is 19.1. The summed E-state index contributed by atoms with van der Waals surface area (Å²) in [6.45, 7) is 3.37. The molecule has 0 bridgehead atoms. The molecule has 3 heteroatoms. The standard InChI is InChI=1S/C21H22FNO/c1-21(24,13-12-17-8-4-2-5-9-17)18-10-11-20(19(22)16-18)23-14-6-3-7-15-23/h2,4-5,8-11,16,24H,3,6-7,14-15H2,1H3/t21-/m0/s1. The Morgan fingerprint density at radius 1 is 1.04 bits per heavy atom. The van der Waals surface area contributed by atoms with Crippen LogP contribution in [-0.2, 0) is 5.60 Å². The summed E-state index contributed by atoms with van der Waals surface area (Å²) in [5.41, 5.74) is 0.523. The molecule has 0 spiro atoms. The highest BCUT2D eigenvalue weighted by Crippen LogP contribution is 2.28. The molecule has 2 aromatic rings. The lowest BCUT2D eigenvalue weighted by atomic mass is 9.95. The first kappa shape index (κ1) is 16.5. The summed E-state index contributed by atoms with van der Waals surface area (Å²) >= 11 is 0. The van der Waals surface area contributed by atoms with Gasteiger partial charge in [0.1, 0.15) is 11.4 Å². The van der Waals surface area contributed by atoms with Crippen LogP contribution in [0.25, 0.3) is 0 Å². The molecular formula is C21H22FNO. The number of benzene rings is 2. The molecule has 0 saturated carbocycles. The molecule has 1 aliphatic heterocycles. The maximum absolute atomic E-state index is 14.5. The lowest BCUT2D eigenvalue weighted by molar-refractivity contribution is 0.122. The average molecular weight is 323 g/mol. The number of hydrogen-bond donors (Lipinski definition) is 1. The van der Waals surface area contributed by atoms with Gasteiger partial charge in [-0.25, -0.2) is 4.39 Å². The van der Waals surface area contributed by atoms with Gasteiger partial charge in [-0.1, -0.05) is 36.1 Å². The van der Waals surface area contributed by atoms with Gasteiger partial charge in [0.05, 0.1) is 5.69 Å². The Labute approximate surface area is 142 Å². The van der Waals surface area contributed by atoms with Crippen molar-refractivity contribution in [2.75, 3.05) is 18.0 Å². The number of halogens is 1. The third kappa shape index (κ3) is 3.77. The maximum Gasteiger partial charge on any atom is 0.148 e. The molecule has 1 fully saturated rings. The highest BCUT2D eigenvalue weighted by molar-refractivity contribution is 5.51. The summed E-state index contributed by atoms with van der Waals surface area (Å²) in [6, 6.07) is 14.4. The van der Waals surface area contributed by atoms with Gasteiger partial charge in [-0.05, 0) is 56.0 Å². The Hall–Kier alpha value is -2.31. The fourth-order valence-electron chi connectivity index (χ4n) is 2.99. The van der Waals surface area contributed by atoms with Crippen molar-refractivity contribution >= 4 is 5.69 Å². The minimum absolute atomic E-state index is 0.295. The topological polar surface area (TPSA) is 23.5 Å². The first-order chi connectivity index (χ1) is 11.6. The molecule has 0 radical (unpaired) electrons. The van der Waals surface area contributed by atoms with E-state index >= 15 is 0 Å². The lowest BCUT2D eigenvalue weighted by Crippen LogP contribution is -2.30. The molecule has 0 unspecified atom stereocenters. The van der Waals surface area contributed by atoms with E-state index < -0.39 is 5.60 Å². The van der Waals surface area contributed by atoms with E-state index in [2.05, 4.69) is 16.7 Å². The molecule has 1 N–H and O–H groups in total. The van der Waals surface area contributed by atoms with Crippen molar-refractivity contribution in [3.8, 4) is 11.8 Å². The summed E-state index contributed by atoms with van der Waals surface area (Å²) in [6.07, 6.45) is 3.41. The van der Waals surface area contributed by atoms with Gasteiger partial charge < -0.3 is 10.0 Å². The first-order valence-electron chi connectivity index (χ1n) is 8.42. The van der Waals surface area contributed by atoms with Crippen LogP contribution in [0.3, 0.4) is 0 Å². The highest BCUT2D eigenvalue weighted by Gasteiger charge is 2.23. The predicted octanol–water partition coefficient (Wildman–Crippen LogP) is 4.08. The lowest BCUT2D eigenvalue weighted by Gasteiger charge is -2.29. The van der Waals surface area contributed by atoms with Crippen LogP contribution < -0.4 is 4.90 Å². The molecule has 0 aromatic heterocycles. The zero-order chi connectivity index (χ0) is 17.0. The van der Waals surface area contributed by atoms with Crippen LogP contribution in [0.5, 0.6) is 0 Å². The number of piperidine rings is 1. The van der Waals surface area contributed by atoms with Gasteiger partial charge in [0, 0.05) is 18.7 Å². The van der Waals surface area contributed by atoms with Gasteiger partial charge in [-0.2, -0.15) is 0 Å². The van der Waals surface area contributed by atoms with Crippen LogP contribution >= 0.6 is 0 Å². The van der Waals surface area contributed by atoms with Gasteiger partial charge in [0.15, 0.2) is 0 Å². The van der Waals surface area contributed by atoms with E-state index in [1.807, 2.05) is 30.3 Å². The number of aliphatic hydroxyl groups is 1. The zero-order valence-corrected chi connectivity index (χ0v) is 13.9. The average Bonchev–Trinajstić information content (AvgIpc) is 2.61. The fourth-order valence-corrected chi connectivity index (χ4v) is 2.99. The molecule has 1 atom stereocenters. The summed E-state index contributed by atoms with van der Waals surface area (Å²) in [7, 11) is 0. The van der Waals surface area contributed by atoms with Crippen molar-refractivity contribution in [1.29, 1.82) is 0 Å². The normalized spacial score (nSPS) is 16.9. The molecule has 1 aliphatic rings. The van der Waals surface area contributed by atoms with E-state index in [9.17, 15) is 9.50 Å². The monoisotopic (exact) mass is 323 g/mol. The van der Waals surface area contributed by atoms with Crippen LogP contribution in [0.4, 0.5) is 10.1 Å². The minimum atomic E-state index is -1.39. The van der Waals surface area contributed by atoms with Crippen LogP contribution in [-0.4, -0.2) is 18.2 Å². The van der Waals surface area contributed by atoms with E-state index in [1.54, 1.807) is 19.1 Å². The number of rotatable bonds is 2.